The van der Waals surface area contributed by atoms with E-state index < -0.39 is 11.8 Å². The molecular weight excluding hydrogens is 336 g/mol. The zero-order chi connectivity index (χ0) is 16.8. The largest absolute Gasteiger partial charge is 0.375 e. The molecule has 2 amide bonds. The lowest BCUT2D eigenvalue weighted by Gasteiger charge is -2.15. The van der Waals surface area contributed by atoms with Gasteiger partial charge in [0.25, 0.3) is 0 Å². The van der Waals surface area contributed by atoms with Crippen LogP contribution in [0.4, 0.5) is 5.69 Å². The number of rotatable bonds is 5. The standard InChI is InChI=1S/C16H17ClN2O3S/c1-10-12(17)4-3-5-13(10)19-16(21)15(20)18-8-14(22-2)11-6-7-23-9-11/h3-7,9,14H,8H2,1-2H3,(H,18,20)(H,19,21). The number of nitrogens with one attached hydrogen (secondary N) is 2. The Labute approximate surface area is 143 Å². The number of hydrogen-bond acceptors (Lipinski definition) is 4. The van der Waals surface area contributed by atoms with Crippen LogP contribution in [0.1, 0.15) is 17.2 Å². The number of hydrogen-bond donors (Lipinski definition) is 2. The molecule has 0 saturated carbocycles. The molecule has 0 radical (unpaired) electrons. The van der Waals surface area contributed by atoms with E-state index in [0.717, 1.165) is 5.56 Å². The Morgan fingerprint density at radius 1 is 1.30 bits per heavy atom. The number of halogens is 1. The van der Waals surface area contributed by atoms with Crippen molar-refractivity contribution in [2.45, 2.75) is 13.0 Å². The highest BCUT2D eigenvalue weighted by Crippen LogP contribution is 2.23. The van der Waals surface area contributed by atoms with Crippen molar-refractivity contribution in [3.05, 3.63) is 51.2 Å². The molecule has 23 heavy (non-hydrogen) atoms. The summed E-state index contributed by atoms with van der Waals surface area (Å²) in [5.74, 6) is -1.46. The molecule has 0 bridgehead atoms. The second kappa shape index (κ2) is 8.10. The van der Waals surface area contributed by atoms with Crippen LogP contribution in [0.25, 0.3) is 0 Å². The van der Waals surface area contributed by atoms with Crippen molar-refractivity contribution in [3.8, 4) is 0 Å². The molecule has 0 aliphatic carbocycles. The van der Waals surface area contributed by atoms with Crippen molar-refractivity contribution in [2.75, 3.05) is 19.0 Å². The van der Waals surface area contributed by atoms with Crippen LogP contribution < -0.4 is 10.6 Å². The van der Waals surface area contributed by atoms with Crippen LogP contribution in [-0.2, 0) is 14.3 Å². The van der Waals surface area contributed by atoms with Crippen molar-refractivity contribution in [2.24, 2.45) is 0 Å². The highest BCUT2D eigenvalue weighted by Gasteiger charge is 2.18. The van der Waals surface area contributed by atoms with Gasteiger partial charge in [0.05, 0.1) is 0 Å². The zero-order valence-electron chi connectivity index (χ0n) is 12.8. The van der Waals surface area contributed by atoms with E-state index in [1.54, 1.807) is 43.6 Å². The molecule has 0 spiro atoms. The van der Waals surface area contributed by atoms with E-state index in [1.807, 2.05) is 16.8 Å². The number of ether oxygens (including phenoxy) is 1. The summed E-state index contributed by atoms with van der Waals surface area (Å²) in [6, 6.07) is 7.03. The minimum Gasteiger partial charge on any atom is -0.375 e. The Bertz CT molecular complexity index is 689. The first-order valence-electron chi connectivity index (χ1n) is 6.92. The lowest BCUT2D eigenvalue weighted by molar-refractivity contribution is -0.136. The van der Waals surface area contributed by atoms with E-state index in [4.69, 9.17) is 16.3 Å². The Balaban J connectivity index is 1.92. The summed E-state index contributed by atoms with van der Waals surface area (Å²) in [6.45, 7) is 1.99. The smallest absolute Gasteiger partial charge is 0.313 e. The Kier molecular flexibility index (Phi) is 6.15. The zero-order valence-corrected chi connectivity index (χ0v) is 14.3. The summed E-state index contributed by atoms with van der Waals surface area (Å²) in [5, 5.41) is 9.52. The maximum Gasteiger partial charge on any atom is 0.313 e. The topological polar surface area (TPSA) is 67.4 Å². The Hall–Kier alpha value is -1.89. The summed E-state index contributed by atoms with van der Waals surface area (Å²) in [4.78, 5) is 23.9. The lowest BCUT2D eigenvalue weighted by Crippen LogP contribution is -2.38. The molecule has 1 unspecified atom stereocenters. The second-order valence-corrected chi connectivity index (χ2v) is 6.04. The van der Waals surface area contributed by atoms with Crippen LogP contribution in [0.5, 0.6) is 0 Å². The molecule has 2 rings (SSSR count). The van der Waals surface area contributed by atoms with Crippen LogP contribution in [0.2, 0.25) is 5.02 Å². The number of carbonyl (C=O) groups is 2. The molecule has 1 aromatic carbocycles. The van der Waals surface area contributed by atoms with E-state index in [2.05, 4.69) is 10.6 Å². The van der Waals surface area contributed by atoms with Gasteiger partial charge in [-0.25, -0.2) is 0 Å². The minimum atomic E-state index is -0.740. The monoisotopic (exact) mass is 352 g/mol. The SMILES string of the molecule is COC(CNC(=O)C(=O)Nc1cccc(Cl)c1C)c1ccsc1. The number of methoxy groups -OCH3 is 1. The third-order valence-electron chi connectivity index (χ3n) is 3.37. The quantitative estimate of drug-likeness (QED) is 0.812. The second-order valence-electron chi connectivity index (χ2n) is 4.86. The molecule has 0 aliphatic heterocycles. The van der Waals surface area contributed by atoms with Crippen LogP contribution in [-0.4, -0.2) is 25.5 Å². The average Bonchev–Trinajstić information content (AvgIpc) is 3.06. The van der Waals surface area contributed by atoms with E-state index in [1.165, 1.54) is 0 Å². The van der Waals surface area contributed by atoms with E-state index in [9.17, 15) is 9.59 Å². The predicted molar refractivity (Wildman–Crippen MR) is 91.9 cm³/mol. The van der Waals surface area contributed by atoms with E-state index >= 15 is 0 Å². The van der Waals surface area contributed by atoms with E-state index in [0.29, 0.717) is 16.3 Å². The molecule has 122 valence electrons. The first-order chi connectivity index (χ1) is 11.0. The number of carbonyl (C=O) groups excluding carboxylic acids is 2. The van der Waals surface area contributed by atoms with Gasteiger partial charge in [0.1, 0.15) is 6.10 Å². The fourth-order valence-electron chi connectivity index (χ4n) is 1.98. The predicted octanol–water partition coefficient (Wildman–Crippen LogP) is 3.15. The van der Waals surface area contributed by atoms with Gasteiger partial charge in [-0.05, 0) is 47.0 Å². The number of anilines is 1. The highest BCUT2D eigenvalue weighted by molar-refractivity contribution is 7.07. The molecule has 1 heterocycles. The fraction of sp³-hybridized carbons (Fsp3) is 0.250. The van der Waals surface area contributed by atoms with Gasteiger partial charge in [0.2, 0.25) is 0 Å². The summed E-state index contributed by atoms with van der Waals surface area (Å²) in [5.41, 5.74) is 2.19. The number of thiophene rings is 1. The van der Waals surface area contributed by atoms with Crippen molar-refractivity contribution < 1.29 is 14.3 Å². The molecule has 0 saturated heterocycles. The van der Waals surface area contributed by atoms with Gasteiger partial charge in [-0.15, -0.1) is 0 Å². The molecule has 0 aliphatic rings. The van der Waals surface area contributed by atoms with Gasteiger partial charge in [0, 0.05) is 24.4 Å². The summed E-state index contributed by atoms with van der Waals surface area (Å²) < 4.78 is 5.32. The molecule has 0 fully saturated rings. The molecular formula is C16H17ClN2O3S. The number of benzene rings is 1. The van der Waals surface area contributed by atoms with Gasteiger partial charge in [0.15, 0.2) is 0 Å². The summed E-state index contributed by atoms with van der Waals surface area (Å²) in [6.07, 6.45) is -0.286. The van der Waals surface area contributed by atoms with Crippen molar-refractivity contribution in [1.82, 2.24) is 5.32 Å². The van der Waals surface area contributed by atoms with Crippen molar-refractivity contribution in [1.29, 1.82) is 0 Å². The molecule has 5 nitrogen and oxygen atoms in total. The molecule has 2 aromatic rings. The maximum atomic E-state index is 12.0. The summed E-state index contributed by atoms with van der Waals surface area (Å²) >= 11 is 7.53. The maximum absolute atomic E-state index is 12.0. The van der Waals surface area contributed by atoms with Crippen LogP contribution >= 0.6 is 22.9 Å². The van der Waals surface area contributed by atoms with Crippen molar-refractivity contribution >= 4 is 40.4 Å². The molecule has 2 N–H and O–H groups in total. The molecule has 1 atom stereocenters. The van der Waals surface area contributed by atoms with Crippen LogP contribution in [0, 0.1) is 6.92 Å². The van der Waals surface area contributed by atoms with Gasteiger partial charge in [-0.3, -0.25) is 9.59 Å². The normalized spacial score (nSPS) is 11.8. The number of amides is 2. The third kappa shape index (κ3) is 4.54. The van der Waals surface area contributed by atoms with Crippen molar-refractivity contribution in [3.63, 3.8) is 0 Å². The first kappa shape index (κ1) is 17.5. The fourth-order valence-corrected chi connectivity index (χ4v) is 2.86. The van der Waals surface area contributed by atoms with Gasteiger partial charge in [-0.2, -0.15) is 11.3 Å². The van der Waals surface area contributed by atoms with Gasteiger partial charge in [-0.1, -0.05) is 17.7 Å². The van der Waals surface area contributed by atoms with Gasteiger partial charge >= 0.3 is 11.8 Å². The Morgan fingerprint density at radius 3 is 2.74 bits per heavy atom. The summed E-state index contributed by atoms with van der Waals surface area (Å²) in [7, 11) is 1.56. The highest BCUT2D eigenvalue weighted by atomic mass is 35.5. The first-order valence-corrected chi connectivity index (χ1v) is 8.24. The molecule has 1 aromatic heterocycles. The molecule has 7 heteroatoms. The van der Waals surface area contributed by atoms with Crippen LogP contribution in [0.15, 0.2) is 35.0 Å². The third-order valence-corrected chi connectivity index (χ3v) is 4.48. The Morgan fingerprint density at radius 2 is 2.09 bits per heavy atom. The lowest BCUT2D eigenvalue weighted by atomic mass is 10.2. The average molecular weight is 353 g/mol. The minimum absolute atomic E-state index is 0.216. The van der Waals surface area contributed by atoms with Gasteiger partial charge < -0.3 is 15.4 Å². The van der Waals surface area contributed by atoms with Crippen LogP contribution in [0.3, 0.4) is 0 Å². The van der Waals surface area contributed by atoms with E-state index in [-0.39, 0.29) is 12.6 Å².